The lowest BCUT2D eigenvalue weighted by molar-refractivity contribution is 0.0793. The SMILES string of the molecule is O=S1(=O)C[C@H](O)[C@@H](N2CCN(c3cccc(Cl)c3)CC2)C1. The molecule has 0 spiro atoms. The highest BCUT2D eigenvalue weighted by molar-refractivity contribution is 7.91. The molecule has 0 unspecified atom stereocenters. The highest BCUT2D eigenvalue weighted by Crippen LogP contribution is 2.24. The number of hydrogen-bond acceptors (Lipinski definition) is 5. The number of aliphatic hydroxyl groups is 1. The van der Waals surface area contributed by atoms with E-state index in [1.165, 1.54) is 0 Å². The first kappa shape index (κ1) is 15.1. The van der Waals surface area contributed by atoms with Crippen molar-refractivity contribution in [2.45, 2.75) is 12.1 Å². The summed E-state index contributed by atoms with van der Waals surface area (Å²) in [6.45, 7) is 3.13. The second-order valence-corrected chi connectivity index (χ2v) is 8.30. The monoisotopic (exact) mass is 330 g/mol. The second kappa shape index (κ2) is 5.76. The molecule has 0 aliphatic carbocycles. The summed E-state index contributed by atoms with van der Waals surface area (Å²) < 4.78 is 23.2. The molecule has 0 amide bonds. The number of sulfone groups is 1. The number of nitrogens with zero attached hydrogens (tertiary/aromatic N) is 2. The van der Waals surface area contributed by atoms with Gasteiger partial charge in [-0.2, -0.15) is 0 Å². The fourth-order valence-electron chi connectivity index (χ4n) is 3.14. The molecule has 3 rings (SSSR count). The maximum Gasteiger partial charge on any atom is 0.154 e. The minimum absolute atomic E-state index is 0.0747. The minimum Gasteiger partial charge on any atom is -0.390 e. The topological polar surface area (TPSA) is 60.9 Å². The van der Waals surface area contributed by atoms with Crippen LogP contribution in [0.3, 0.4) is 0 Å². The first-order valence-electron chi connectivity index (χ1n) is 7.08. The minimum atomic E-state index is -3.09. The Balaban J connectivity index is 1.63. The molecule has 2 atom stereocenters. The average Bonchev–Trinajstić information content (AvgIpc) is 2.72. The van der Waals surface area contributed by atoms with Gasteiger partial charge in [-0.1, -0.05) is 17.7 Å². The van der Waals surface area contributed by atoms with Crippen LogP contribution >= 0.6 is 11.6 Å². The van der Waals surface area contributed by atoms with Gasteiger partial charge in [-0.3, -0.25) is 4.90 Å². The molecule has 116 valence electrons. The largest absolute Gasteiger partial charge is 0.390 e. The molecule has 0 saturated carbocycles. The molecule has 1 aromatic carbocycles. The van der Waals surface area contributed by atoms with Gasteiger partial charge >= 0.3 is 0 Å². The number of hydrogen-bond donors (Lipinski definition) is 1. The van der Waals surface area contributed by atoms with Crippen LogP contribution < -0.4 is 4.90 Å². The number of benzene rings is 1. The Hall–Kier alpha value is -0.820. The number of rotatable bonds is 2. The van der Waals surface area contributed by atoms with Crippen LogP contribution in [0.5, 0.6) is 0 Å². The average molecular weight is 331 g/mol. The predicted molar refractivity (Wildman–Crippen MR) is 83.7 cm³/mol. The smallest absolute Gasteiger partial charge is 0.154 e. The zero-order chi connectivity index (χ0) is 15.0. The molecule has 5 nitrogen and oxygen atoms in total. The molecule has 0 radical (unpaired) electrons. The Morgan fingerprint density at radius 1 is 1.14 bits per heavy atom. The fraction of sp³-hybridized carbons (Fsp3) is 0.571. The first-order chi connectivity index (χ1) is 9.94. The normalized spacial score (nSPS) is 29.7. The van der Waals surface area contributed by atoms with Crippen molar-refractivity contribution in [3.63, 3.8) is 0 Å². The van der Waals surface area contributed by atoms with E-state index in [1.54, 1.807) is 0 Å². The third-order valence-electron chi connectivity index (χ3n) is 4.25. The Morgan fingerprint density at radius 2 is 1.86 bits per heavy atom. The summed E-state index contributed by atoms with van der Waals surface area (Å²) in [6, 6.07) is 7.48. The highest BCUT2D eigenvalue weighted by atomic mass is 35.5. The van der Waals surface area contributed by atoms with Crippen molar-refractivity contribution in [3.05, 3.63) is 29.3 Å². The maximum absolute atomic E-state index is 11.6. The van der Waals surface area contributed by atoms with Gasteiger partial charge in [0.2, 0.25) is 0 Å². The highest BCUT2D eigenvalue weighted by Gasteiger charge is 2.40. The quantitative estimate of drug-likeness (QED) is 0.861. The van der Waals surface area contributed by atoms with E-state index in [0.29, 0.717) is 5.02 Å². The van der Waals surface area contributed by atoms with Crippen molar-refractivity contribution in [3.8, 4) is 0 Å². The summed E-state index contributed by atoms with van der Waals surface area (Å²) in [7, 11) is -3.09. The fourth-order valence-corrected chi connectivity index (χ4v) is 5.16. The molecule has 2 aliphatic heterocycles. The van der Waals surface area contributed by atoms with Crippen molar-refractivity contribution in [2.75, 3.05) is 42.6 Å². The van der Waals surface area contributed by atoms with E-state index in [-0.39, 0.29) is 17.5 Å². The Labute approximate surface area is 130 Å². The summed E-state index contributed by atoms with van der Waals surface area (Å²) in [5, 5.41) is 10.7. The molecule has 1 aromatic rings. The lowest BCUT2D eigenvalue weighted by Crippen LogP contribution is -2.53. The van der Waals surface area contributed by atoms with Crippen LogP contribution in [0.4, 0.5) is 5.69 Å². The summed E-state index contributed by atoms with van der Waals surface area (Å²) >= 11 is 6.01. The van der Waals surface area contributed by atoms with Gasteiger partial charge in [0.1, 0.15) is 0 Å². The third-order valence-corrected chi connectivity index (χ3v) is 6.18. The van der Waals surface area contributed by atoms with Gasteiger partial charge in [-0.05, 0) is 18.2 Å². The van der Waals surface area contributed by atoms with E-state index in [4.69, 9.17) is 11.6 Å². The van der Waals surface area contributed by atoms with Gasteiger partial charge in [0, 0.05) is 36.9 Å². The van der Waals surface area contributed by atoms with Gasteiger partial charge in [0.05, 0.1) is 23.7 Å². The number of aliphatic hydroxyl groups excluding tert-OH is 1. The molecule has 21 heavy (non-hydrogen) atoms. The van der Waals surface area contributed by atoms with Crippen LogP contribution in [-0.2, 0) is 9.84 Å². The Bertz CT molecular complexity index is 614. The number of piperazine rings is 1. The lowest BCUT2D eigenvalue weighted by Gasteiger charge is -2.39. The van der Waals surface area contributed by atoms with Crippen molar-refractivity contribution in [1.82, 2.24) is 4.90 Å². The van der Waals surface area contributed by atoms with Crippen molar-refractivity contribution in [2.24, 2.45) is 0 Å². The molecule has 2 heterocycles. The van der Waals surface area contributed by atoms with Gasteiger partial charge in [0.15, 0.2) is 9.84 Å². The van der Waals surface area contributed by atoms with Crippen LogP contribution in [0, 0.1) is 0 Å². The molecule has 7 heteroatoms. The second-order valence-electron chi connectivity index (χ2n) is 5.71. The molecule has 2 saturated heterocycles. The molecule has 0 aromatic heterocycles. The molecular weight excluding hydrogens is 312 g/mol. The van der Waals surface area contributed by atoms with Crippen molar-refractivity contribution < 1.29 is 13.5 Å². The maximum atomic E-state index is 11.6. The van der Waals surface area contributed by atoms with Crippen molar-refractivity contribution in [1.29, 1.82) is 0 Å². The van der Waals surface area contributed by atoms with E-state index in [0.717, 1.165) is 31.9 Å². The summed E-state index contributed by atoms with van der Waals surface area (Å²) in [6.07, 6.45) is -0.757. The Kier molecular flexibility index (Phi) is 4.14. The third kappa shape index (κ3) is 3.34. The van der Waals surface area contributed by atoms with Gasteiger partial charge in [0.25, 0.3) is 0 Å². The van der Waals surface area contributed by atoms with Crippen LogP contribution in [0.2, 0.25) is 5.02 Å². The predicted octanol–water partition coefficient (Wildman–Crippen LogP) is 0.620. The zero-order valence-electron chi connectivity index (χ0n) is 11.7. The molecule has 2 aliphatic rings. The van der Waals surface area contributed by atoms with Crippen molar-refractivity contribution >= 4 is 27.1 Å². The van der Waals surface area contributed by atoms with Gasteiger partial charge < -0.3 is 10.0 Å². The zero-order valence-corrected chi connectivity index (χ0v) is 13.2. The summed E-state index contributed by atoms with van der Waals surface area (Å²) in [4.78, 5) is 4.33. The molecule has 1 N–H and O–H groups in total. The molecular formula is C14H19ClN2O3S. The summed E-state index contributed by atoms with van der Waals surface area (Å²) in [5.74, 6) is -0.0303. The van der Waals surface area contributed by atoms with Gasteiger partial charge in [-0.25, -0.2) is 8.42 Å². The van der Waals surface area contributed by atoms with E-state index in [9.17, 15) is 13.5 Å². The van der Waals surface area contributed by atoms with Crippen LogP contribution in [0.25, 0.3) is 0 Å². The van der Waals surface area contributed by atoms with E-state index < -0.39 is 15.9 Å². The summed E-state index contributed by atoms with van der Waals surface area (Å²) in [5.41, 5.74) is 1.08. The van der Waals surface area contributed by atoms with Crippen LogP contribution in [0.15, 0.2) is 24.3 Å². The standard InChI is InChI=1S/C14H19ClN2O3S/c15-11-2-1-3-12(8-11)16-4-6-17(7-5-16)13-9-21(19,20)10-14(13)18/h1-3,8,13-14,18H,4-7,9-10H2/t13-,14-/m0/s1. The molecule has 0 bridgehead atoms. The molecule has 2 fully saturated rings. The lowest BCUT2D eigenvalue weighted by atomic mass is 10.1. The van der Waals surface area contributed by atoms with E-state index >= 15 is 0 Å². The van der Waals surface area contributed by atoms with Gasteiger partial charge in [-0.15, -0.1) is 0 Å². The Morgan fingerprint density at radius 3 is 2.43 bits per heavy atom. The van der Waals surface area contributed by atoms with E-state index in [1.807, 2.05) is 24.3 Å². The number of halogens is 1. The van der Waals surface area contributed by atoms with Crippen LogP contribution in [-0.4, -0.2) is 68.3 Å². The first-order valence-corrected chi connectivity index (χ1v) is 9.28. The van der Waals surface area contributed by atoms with E-state index in [2.05, 4.69) is 9.80 Å². The number of anilines is 1. The van der Waals surface area contributed by atoms with Crippen LogP contribution in [0.1, 0.15) is 0 Å².